The van der Waals surface area contributed by atoms with E-state index in [0.29, 0.717) is 16.7 Å². The van der Waals surface area contributed by atoms with Crippen molar-refractivity contribution in [2.75, 3.05) is 13.7 Å². The van der Waals surface area contributed by atoms with Gasteiger partial charge in [0.2, 0.25) is 0 Å². The van der Waals surface area contributed by atoms with Crippen molar-refractivity contribution in [3.05, 3.63) is 46.4 Å². The number of aromatic nitrogens is 1. The first kappa shape index (κ1) is 18.2. The standard InChI is InChI=1S/C20H24N2O4/c1-13-7-3-6-10-17(13)22(2)18(23)12-26-20(25)16-11-14-8-4-5-9-15(14)19(24)21-16/h4-5,8-9,11,13,17H,3,6-7,10,12H2,1-2H3,(H,21,24)/t13-,17+/m1/s1. The molecule has 0 saturated heterocycles. The van der Waals surface area contributed by atoms with Crippen LogP contribution in [0.15, 0.2) is 35.1 Å². The highest BCUT2D eigenvalue weighted by molar-refractivity contribution is 5.94. The first-order valence-corrected chi connectivity index (χ1v) is 9.02. The molecule has 0 aliphatic heterocycles. The Hall–Kier alpha value is -2.63. The lowest BCUT2D eigenvalue weighted by molar-refractivity contribution is -0.136. The minimum absolute atomic E-state index is 0.0511. The van der Waals surface area contributed by atoms with E-state index in [1.807, 2.05) is 0 Å². The molecule has 2 aromatic rings. The summed E-state index contributed by atoms with van der Waals surface area (Å²) in [4.78, 5) is 40.9. The van der Waals surface area contributed by atoms with Crippen LogP contribution in [0.4, 0.5) is 0 Å². The van der Waals surface area contributed by atoms with Gasteiger partial charge in [0.15, 0.2) is 6.61 Å². The molecular weight excluding hydrogens is 332 g/mol. The molecule has 1 heterocycles. The zero-order valence-electron chi connectivity index (χ0n) is 15.2. The number of likely N-dealkylation sites (N-methyl/N-ethyl adjacent to an activating group) is 1. The van der Waals surface area contributed by atoms with E-state index >= 15 is 0 Å². The molecular formula is C20H24N2O4. The van der Waals surface area contributed by atoms with E-state index in [0.717, 1.165) is 19.3 Å². The van der Waals surface area contributed by atoms with Crippen LogP contribution in [-0.4, -0.2) is 41.5 Å². The van der Waals surface area contributed by atoms with Crippen molar-refractivity contribution in [3.63, 3.8) is 0 Å². The minimum atomic E-state index is -0.703. The van der Waals surface area contributed by atoms with Crippen molar-refractivity contribution in [1.82, 2.24) is 9.88 Å². The number of hydrogen-bond donors (Lipinski definition) is 1. The zero-order valence-corrected chi connectivity index (χ0v) is 15.2. The van der Waals surface area contributed by atoms with Gasteiger partial charge < -0.3 is 14.6 Å². The Bertz CT molecular complexity index is 873. The molecule has 1 fully saturated rings. The Labute approximate surface area is 152 Å². The topological polar surface area (TPSA) is 79.5 Å². The molecule has 1 aromatic carbocycles. The Balaban J connectivity index is 1.65. The average Bonchev–Trinajstić information content (AvgIpc) is 2.65. The number of aromatic amines is 1. The molecule has 0 radical (unpaired) electrons. The van der Waals surface area contributed by atoms with Gasteiger partial charge in [-0.3, -0.25) is 9.59 Å². The van der Waals surface area contributed by atoms with Gasteiger partial charge in [0.1, 0.15) is 5.69 Å². The molecule has 1 amide bonds. The van der Waals surface area contributed by atoms with Crippen molar-refractivity contribution in [2.45, 2.75) is 38.6 Å². The molecule has 3 rings (SSSR count). The van der Waals surface area contributed by atoms with Crippen molar-refractivity contribution in [3.8, 4) is 0 Å². The summed E-state index contributed by atoms with van der Waals surface area (Å²) in [5, 5.41) is 1.16. The van der Waals surface area contributed by atoms with Crippen LogP contribution in [0.5, 0.6) is 0 Å². The van der Waals surface area contributed by atoms with Crippen molar-refractivity contribution in [1.29, 1.82) is 0 Å². The molecule has 1 N–H and O–H groups in total. The summed E-state index contributed by atoms with van der Waals surface area (Å²) < 4.78 is 5.14. The van der Waals surface area contributed by atoms with Gasteiger partial charge in [0.25, 0.3) is 11.5 Å². The SMILES string of the molecule is C[C@@H]1CCCC[C@@H]1N(C)C(=O)COC(=O)c1cc2ccccc2c(=O)[nH]1. The molecule has 138 valence electrons. The van der Waals surface area contributed by atoms with E-state index in [9.17, 15) is 14.4 Å². The maximum Gasteiger partial charge on any atom is 0.355 e. The van der Waals surface area contributed by atoms with Crippen LogP contribution in [0.3, 0.4) is 0 Å². The molecule has 2 atom stereocenters. The number of rotatable bonds is 4. The van der Waals surface area contributed by atoms with Gasteiger partial charge in [-0.15, -0.1) is 0 Å². The number of H-pyrrole nitrogens is 1. The van der Waals surface area contributed by atoms with Crippen LogP contribution in [0.2, 0.25) is 0 Å². The fourth-order valence-corrected chi connectivity index (χ4v) is 3.68. The summed E-state index contributed by atoms with van der Waals surface area (Å²) >= 11 is 0. The van der Waals surface area contributed by atoms with Gasteiger partial charge in [-0.1, -0.05) is 38.0 Å². The lowest BCUT2D eigenvalue weighted by atomic mass is 9.85. The number of esters is 1. The highest BCUT2D eigenvalue weighted by Crippen LogP contribution is 2.27. The second-order valence-corrected chi connectivity index (χ2v) is 7.01. The molecule has 6 heteroatoms. The summed E-state index contributed by atoms with van der Waals surface area (Å²) in [6.45, 7) is 1.83. The zero-order chi connectivity index (χ0) is 18.7. The first-order valence-electron chi connectivity index (χ1n) is 9.02. The predicted molar refractivity (Wildman–Crippen MR) is 99.0 cm³/mol. The normalized spacial score (nSPS) is 19.9. The number of amides is 1. The highest BCUT2D eigenvalue weighted by Gasteiger charge is 2.28. The van der Waals surface area contributed by atoms with Crippen LogP contribution in [0.1, 0.15) is 43.1 Å². The molecule has 6 nitrogen and oxygen atoms in total. The lowest BCUT2D eigenvalue weighted by Gasteiger charge is -2.36. The number of carbonyl (C=O) groups excluding carboxylic acids is 2. The minimum Gasteiger partial charge on any atom is -0.451 e. The molecule has 26 heavy (non-hydrogen) atoms. The van der Waals surface area contributed by atoms with Gasteiger partial charge in [-0.25, -0.2) is 4.79 Å². The fourth-order valence-electron chi connectivity index (χ4n) is 3.68. The fraction of sp³-hybridized carbons (Fsp3) is 0.450. The van der Waals surface area contributed by atoms with Crippen molar-refractivity contribution in [2.24, 2.45) is 5.92 Å². The number of nitrogens with zero attached hydrogens (tertiary/aromatic N) is 1. The molecule has 1 aliphatic carbocycles. The summed E-state index contributed by atoms with van der Waals surface area (Å²) in [6, 6.07) is 8.75. The number of carbonyl (C=O) groups is 2. The Kier molecular flexibility index (Phi) is 5.40. The van der Waals surface area contributed by atoms with Crippen molar-refractivity contribution >= 4 is 22.6 Å². The maximum atomic E-state index is 12.4. The summed E-state index contributed by atoms with van der Waals surface area (Å²) in [5.41, 5.74) is -0.301. The third-order valence-electron chi connectivity index (χ3n) is 5.26. The number of benzene rings is 1. The Morgan fingerprint density at radius 1 is 1.23 bits per heavy atom. The van der Waals surface area contributed by atoms with Crippen LogP contribution < -0.4 is 5.56 Å². The van der Waals surface area contributed by atoms with Gasteiger partial charge in [-0.05, 0) is 36.3 Å². The molecule has 1 aromatic heterocycles. The Morgan fingerprint density at radius 3 is 2.73 bits per heavy atom. The van der Waals surface area contributed by atoms with Crippen molar-refractivity contribution < 1.29 is 14.3 Å². The highest BCUT2D eigenvalue weighted by atomic mass is 16.5. The molecule has 1 aliphatic rings. The smallest absolute Gasteiger partial charge is 0.355 e. The maximum absolute atomic E-state index is 12.4. The van der Waals surface area contributed by atoms with Crippen LogP contribution >= 0.6 is 0 Å². The van der Waals surface area contributed by atoms with E-state index in [1.165, 1.54) is 6.42 Å². The second kappa shape index (κ2) is 7.72. The largest absolute Gasteiger partial charge is 0.451 e. The predicted octanol–water partition coefficient (Wildman–Crippen LogP) is 2.72. The van der Waals surface area contributed by atoms with E-state index in [4.69, 9.17) is 4.74 Å². The monoisotopic (exact) mass is 356 g/mol. The van der Waals surface area contributed by atoms with E-state index in [1.54, 1.807) is 42.3 Å². The summed E-state index contributed by atoms with van der Waals surface area (Å²) in [6.07, 6.45) is 4.41. The quantitative estimate of drug-likeness (QED) is 0.854. The number of hydrogen-bond acceptors (Lipinski definition) is 4. The Morgan fingerprint density at radius 2 is 1.96 bits per heavy atom. The number of pyridine rings is 1. The lowest BCUT2D eigenvalue weighted by Crippen LogP contribution is -2.44. The molecule has 0 unspecified atom stereocenters. The first-order chi connectivity index (χ1) is 12.5. The van der Waals surface area contributed by atoms with Crippen LogP contribution in [0, 0.1) is 5.92 Å². The number of nitrogens with one attached hydrogen (secondary N) is 1. The van der Waals surface area contributed by atoms with E-state index in [-0.39, 0.29) is 29.8 Å². The molecule has 0 bridgehead atoms. The molecule has 1 saturated carbocycles. The number of fused-ring (bicyclic) bond motifs is 1. The van der Waals surface area contributed by atoms with Gasteiger partial charge in [0.05, 0.1) is 0 Å². The van der Waals surface area contributed by atoms with Gasteiger partial charge in [-0.2, -0.15) is 0 Å². The van der Waals surface area contributed by atoms with Crippen LogP contribution in [0.25, 0.3) is 10.8 Å². The summed E-state index contributed by atoms with van der Waals surface area (Å²) in [7, 11) is 1.76. The van der Waals surface area contributed by atoms with Crippen LogP contribution in [-0.2, 0) is 9.53 Å². The van der Waals surface area contributed by atoms with Gasteiger partial charge in [0, 0.05) is 18.5 Å². The van der Waals surface area contributed by atoms with Gasteiger partial charge >= 0.3 is 5.97 Å². The molecule has 0 spiro atoms. The summed E-state index contributed by atoms with van der Waals surface area (Å²) in [5.74, 6) is -0.475. The number of ether oxygens (including phenoxy) is 1. The average molecular weight is 356 g/mol. The van der Waals surface area contributed by atoms with E-state index < -0.39 is 5.97 Å². The third kappa shape index (κ3) is 3.79. The van der Waals surface area contributed by atoms with E-state index in [2.05, 4.69) is 11.9 Å². The second-order valence-electron chi connectivity index (χ2n) is 7.01. The third-order valence-corrected chi connectivity index (χ3v) is 5.26.